The van der Waals surface area contributed by atoms with Gasteiger partial charge in [0, 0.05) is 6.54 Å². The Morgan fingerprint density at radius 3 is 2.00 bits per heavy atom. The second-order valence-electron chi connectivity index (χ2n) is 2.92. The van der Waals surface area contributed by atoms with Crippen molar-refractivity contribution in [3.8, 4) is 0 Å². The number of hydrogen-bond acceptors (Lipinski definition) is 6. The van der Waals surface area contributed by atoms with E-state index in [1.807, 2.05) is 0 Å². The van der Waals surface area contributed by atoms with Crippen LogP contribution in [0.1, 0.15) is 0 Å². The van der Waals surface area contributed by atoms with Gasteiger partial charge in [0.05, 0.1) is 19.6 Å². The Labute approximate surface area is 91.6 Å². The molecule has 4 N–H and O–H groups in total. The van der Waals surface area contributed by atoms with Crippen LogP contribution in [0.3, 0.4) is 0 Å². The van der Waals surface area contributed by atoms with Crippen LogP contribution in [0.15, 0.2) is 0 Å². The predicted octanol–water partition coefficient (Wildman–Crippen LogP) is -2.04. The van der Waals surface area contributed by atoms with Gasteiger partial charge in [-0.3, -0.25) is 19.3 Å². The van der Waals surface area contributed by atoms with E-state index >= 15 is 0 Å². The first-order valence-corrected chi connectivity index (χ1v) is 4.47. The summed E-state index contributed by atoms with van der Waals surface area (Å²) in [5.74, 6) is -2.91. The number of carbonyl (C=O) groups is 3. The van der Waals surface area contributed by atoms with Crippen molar-refractivity contribution in [3.63, 3.8) is 0 Å². The molecule has 0 rings (SSSR count). The zero-order valence-corrected chi connectivity index (χ0v) is 8.59. The third-order valence-electron chi connectivity index (χ3n) is 1.55. The molecule has 0 aliphatic heterocycles. The van der Waals surface area contributed by atoms with E-state index in [1.165, 1.54) is 0 Å². The van der Waals surface area contributed by atoms with Crippen LogP contribution in [0.25, 0.3) is 0 Å². The number of esters is 1. The van der Waals surface area contributed by atoms with Gasteiger partial charge in [-0.25, -0.2) is 0 Å². The van der Waals surface area contributed by atoms with Crippen LogP contribution < -0.4 is 5.73 Å². The van der Waals surface area contributed by atoms with E-state index in [0.29, 0.717) is 0 Å². The van der Waals surface area contributed by atoms with Gasteiger partial charge in [-0.1, -0.05) is 0 Å². The first-order chi connectivity index (χ1) is 7.45. The maximum atomic E-state index is 10.6. The Kier molecular flexibility index (Phi) is 6.81. The van der Waals surface area contributed by atoms with E-state index in [2.05, 4.69) is 4.74 Å². The van der Waals surface area contributed by atoms with Gasteiger partial charge in [0.15, 0.2) is 0 Å². The van der Waals surface area contributed by atoms with Crippen molar-refractivity contribution in [2.45, 2.75) is 0 Å². The molecular weight excluding hydrogens is 220 g/mol. The summed E-state index contributed by atoms with van der Waals surface area (Å²) < 4.78 is 4.59. The normalized spacial score (nSPS) is 10.1. The molecule has 8 heteroatoms. The summed E-state index contributed by atoms with van der Waals surface area (Å²) in [4.78, 5) is 32.5. The molecule has 0 bridgehead atoms. The van der Waals surface area contributed by atoms with Crippen molar-refractivity contribution in [2.24, 2.45) is 5.73 Å². The number of carboxylic acids is 2. The summed E-state index contributed by atoms with van der Waals surface area (Å²) in [5, 5.41) is 17.0. The van der Waals surface area contributed by atoms with Crippen LogP contribution in [-0.4, -0.2) is 65.8 Å². The number of nitrogens with two attached hydrogens (primary N) is 1. The third kappa shape index (κ3) is 7.71. The van der Waals surface area contributed by atoms with E-state index in [-0.39, 0.29) is 19.7 Å². The molecule has 0 saturated carbocycles. The lowest BCUT2D eigenvalue weighted by Crippen LogP contribution is -2.37. The monoisotopic (exact) mass is 234 g/mol. The molecule has 92 valence electrons. The number of nitrogens with zero attached hydrogens (tertiary/aromatic N) is 1. The molecular formula is C8H14N2O6. The maximum Gasteiger partial charge on any atom is 0.319 e. The molecule has 8 nitrogen and oxygen atoms in total. The van der Waals surface area contributed by atoms with E-state index in [9.17, 15) is 14.4 Å². The fourth-order valence-corrected chi connectivity index (χ4v) is 0.944. The molecule has 0 unspecified atom stereocenters. The third-order valence-corrected chi connectivity index (χ3v) is 1.55. The summed E-state index contributed by atoms with van der Waals surface area (Å²) in [5.41, 5.74) is 4.97. The van der Waals surface area contributed by atoms with Crippen LogP contribution in [-0.2, 0) is 19.1 Å². The minimum atomic E-state index is -1.15. The molecule has 0 saturated heterocycles. The van der Waals surface area contributed by atoms with Crippen molar-refractivity contribution < 1.29 is 29.3 Å². The van der Waals surface area contributed by atoms with Gasteiger partial charge in [-0.2, -0.15) is 0 Å². The van der Waals surface area contributed by atoms with Crippen LogP contribution in [0.5, 0.6) is 0 Å². The van der Waals surface area contributed by atoms with E-state index in [4.69, 9.17) is 15.9 Å². The lowest BCUT2D eigenvalue weighted by atomic mass is 10.4. The zero-order chi connectivity index (χ0) is 12.6. The molecule has 0 aliphatic carbocycles. The lowest BCUT2D eigenvalue weighted by molar-refractivity contribution is -0.143. The summed E-state index contributed by atoms with van der Waals surface area (Å²) >= 11 is 0. The van der Waals surface area contributed by atoms with E-state index < -0.39 is 31.0 Å². The number of carboxylic acid groups (broad SMARTS) is 2. The Morgan fingerprint density at radius 1 is 1.12 bits per heavy atom. The van der Waals surface area contributed by atoms with Gasteiger partial charge < -0.3 is 20.7 Å². The number of aliphatic carboxylic acids is 2. The van der Waals surface area contributed by atoms with E-state index in [1.54, 1.807) is 0 Å². The second kappa shape index (κ2) is 7.60. The zero-order valence-electron chi connectivity index (χ0n) is 8.59. The smallest absolute Gasteiger partial charge is 0.319 e. The van der Waals surface area contributed by atoms with Crippen LogP contribution in [0.4, 0.5) is 0 Å². The van der Waals surface area contributed by atoms with Gasteiger partial charge >= 0.3 is 17.9 Å². The number of rotatable bonds is 8. The largest absolute Gasteiger partial charge is 0.480 e. The first-order valence-electron chi connectivity index (χ1n) is 4.47. The molecule has 0 radical (unpaired) electrons. The molecule has 0 heterocycles. The van der Waals surface area contributed by atoms with Gasteiger partial charge in [-0.05, 0) is 0 Å². The Morgan fingerprint density at radius 2 is 1.62 bits per heavy atom. The molecule has 0 aromatic heterocycles. The summed E-state index contributed by atoms with van der Waals surface area (Å²) in [6.07, 6.45) is 0. The highest BCUT2D eigenvalue weighted by Gasteiger charge is 2.13. The van der Waals surface area contributed by atoms with Crippen LogP contribution in [0, 0.1) is 0 Å². The second-order valence-corrected chi connectivity index (χ2v) is 2.92. The van der Waals surface area contributed by atoms with E-state index in [0.717, 1.165) is 4.90 Å². The van der Waals surface area contributed by atoms with Crippen LogP contribution >= 0.6 is 0 Å². The maximum absolute atomic E-state index is 10.6. The minimum Gasteiger partial charge on any atom is -0.480 e. The number of carbonyl (C=O) groups excluding carboxylic acids is 1. The fourth-order valence-electron chi connectivity index (χ4n) is 0.944. The summed E-state index contributed by atoms with van der Waals surface area (Å²) in [6, 6.07) is 0. The lowest BCUT2D eigenvalue weighted by Gasteiger charge is -2.17. The molecule has 16 heavy (non-hydrogen) atoms. The van der Waals surface area contributed by atoms with Gasteiger partial charge in [-0.15, -0.1) is 0 Å². The number of ether oxygens (including phenoxy) is 1. The topological polar surface area (TPSA) is 130 Å². The average molecular weight is 234 g/mol. The van der Waals surface area contributed by atoms with Gasteiger partial charge in [0.1, 0.15) is 6.61 Å². The van der Waals surface area contributed by atoms with Crippen LogP contribution in [0.2, 0.25) is 0 Å². The SMILES string of the molecule is NCC(=O)OCCN(CC(=O)O)CC(=O)O. The van der Waals surface area contributed by atoms with Gasteiger partial charge in [0.25, 0.3) is 0 Å². The van der Waals surface area contributed by atoms with Crippen molar-refractivity contribution in [1.82, 2.24) is 4.90 Å². The molecule has 0 aromatic rings. The first kappa shape index (κ1) is 14.3. The molecule has 0 atom stereocenters. The Bertz CT molecular complexity index is 251. The highest BCUT2D eigenvalue weighted by molar-refractivity contribution is 5.72. The highest BCUT2D eigenvalue weighted by atomic mass is 16.5. The molecule has 0 fully saturated rings. The average Bonchev–Trinajstić information content (AvgIpc) is 2.15. The predicted molar refractivity (Wildman–Crippen MR) is 51.7 cm³/mol. The molecule has 0 spiro atoms. The molecule has 0 aliphatic rings. The summed E-state index contributed by atoms with van der Waals surface area (Å²) in [6.45, 7) is -1.17. The molecule has 0 amide bonds. The fraction of sp³-hybridized carbons (Fsp3) is 0.625. The Hall–Kier alpha value is -1.67. The quantitative estimate of drug-likeness (QED) is 0.409. The van der Waals surface area contributed by atoms with Crippen molar-refractivity contribution in [1.29, 1.82) is 0 Å². The van der Waals surface area contributed by atoms with Gasteiger partial charge in [0.2, 0.25) is 0 Å². The summed E-state index contributed by atoms with van der Waals surface area (Å²) in [7, 11) is 0. The standard InChI is InChI=1S/C8H14N2O6/c9-3-8(15)16-2-1-10(4-6(11)12)5-7(13)14/h1-5,9H2,(H,11,12)(H,13,14). The van der Waals surface area contributed by atoms with Crippen molar-refractivity contribution in [2.75, 3.05) is 32.8 Å². The minimum absolute atomic E-state index is 0.0321. The van der Waals surface area contributed by atoms with Crippen molar-refractivity contribution in [3.05, 3.63) is 0 Å². The Balaban J connectivity index is 3.96. The van der Waals surface area contributed by atoms with Crippen molar-refractivity contribution >= 4 is 17.9 Å². The number of hydrogen-bond donors (Lipinski definition) is 3. The highest BCUT2D eigenvalue weighted by Crippen LogP contribution is 1.89. The molecule has 0 aromatic carbocycles.